The van der Waals surface area contributed by atoms with Gasteiger partial charge < -0.3 is 14.9 Å². The predicted molar refractivity (Wildman–Crippen MR) is 99.5 cm³/mol. The van der Waals surface area contributed by atoms with Crippen LogP contribution < -0.4 is 0 Å². The minimum atomic E-state index is -0.613. The fraction of sp³-hybridized carbons (Fsp3) is 0.955. The Morgan fingerprint density at radius 1 is 1.04 bits per heavy atom. The molecule has 0 bridgehead atoms. The van der Waals surface area contributed by atoms with Crippen molar-refractivity contribution in [2.75, 3.05) is 20.3 Å². The first-order chi connectivity index (χ1) is 12.4. The fourth-order valence-electron chi connectivity index (χ4n) is 8.00. The average molecular weight is 365 g/mol. The van der Waals surface area contributed by atoms with E-state index >= 15 is 0 Å². The number of Topliss-reactive ketones (excluding diaryl/α,β-unsaturated/α-hetero) is 1. The van der Waals surface area contributed by atoms with E-state index in [0.29, 0.717) is 18.4 Å². The van der Waals surface area contributed by atoms with Gasteiger partial charge in [-0.2, -0.15) is 0 Å². The lowest BCUT2D eigenvalue weighted by Crippen LogP contribution is -2.52. The van der Waals surface area contributed by atoms with Gasteiger partial charge in [0.05, 0.1) is 12.2 Å². The molecule has 0 unspecified atom stereocenters. The van der Waals surface area contributed by atoms with Crippen LogP contribution in [0.25, 0.3) is 0 Å². The number of aliphatic hydroxyl groups excluding tert-OH is 1. The van der Waals surface area contributed by atoms with E-state index in [1.54, 1.807) is 7.11 Å². The molecule has 4 fully saturated rings. The number of methoxy groups -OCH3 is 1. The average Bonchev–Trinajstić information content (AvgIpc) is 2.98. The summed E-state index contributed by atoms with van der Waals surface area (Å²) in [7, 11) is 1.69. The number of aliphatic hydroxyl groups is 2. The zero-order chi connectivity index (χ0) is 18.5. The summed E-state index contributed by atoms with van der Waals surface area (Å²) >= 11 is 0. The van der Waals surface area contributed by atoms with E-state index in [1.807, 2.05) is 0 Å². The molecule has 8 atom stereocenters. The van der Waals surface area contributed by atoms with Crippen LogP contribution in [0.4, 0.5) is 0 Å². The number of rotatable bonds is 4. The molecule has 0 aliphatic heterocycles. The first-order valence-electron chi connectivity index (χ1n) is 10.8. The summed E-state index contributed by atoms with van der Waals surface area (Å²) < 4.78 is 5.28. The molecule has 26 heavy (non-hydrogen) atoms. The third-order valence-corrected chi connectivity index (χ3v) is 9.06. The first-order valence-corrected chi connectivity index (χ1v) is 10.8. The second-order valence-electron chi connectivity index (χ2n) is 10.1. The Bertz CT molecular complexity index is 548. The minimum Gasteiger partial charge on any atom is -0.389 e. The normalized spacial score (nSPS) is 50.6. The van der Waals surface area contributed by atoms with Gasteiger partial charge in [0.15, 0.2) is 5.78 Å². The van der Waals surface area contributed by atoms with Crippen LogP contribution in [0.15, 0.2) is 0 Å². The highest BCUT2D eigenvalue weighted by atomic mass is 16.5. The Morgan fingerprint density at radius 2 is 1.81 bits per heavy atom. The quantitative estimate of drug-likeness (QED) is 0.804. The third kappa shape index (κ3) is 2.87. The lowest BCUT2D eigenvalue weighted by atomic mass is 9.49. The molecule has 0 aromatic rings. The van der Waals surface area contributed by atoms with Crippen molar-refractivity contribution < 1.29 is 19.7 Å². The van der Waals surface area contributed by atoms with E-state index < -0.39 is 5.60 Å². The van der Waals surface area contributed by atoms with Gasteiger partial charge in [0.25, 0.3) is 0 Å². The van der Waals surface area contributed by atoms with E-state index in [0.717, 1.165) is 49.9 Å². The summed E-state index contributed by atoms with van der Waals surface area (Å²) in [6.07, 6.45) is 9.91. The van der Waals surface area contributed by atoms with Crippen LogP contribution in [0.1, 0.15) is 64.7 Å². The van der Waals surface area contributed by atoms with Crippen molar-refractivity contribution in [1.29, 1.82) is 0 Å². The molecule has 148 valence electrons. The largest absolute Gasteiger partial charge is 0.389 e. The number of carbonyl (C=O) groups is 1. The van der Waals surface area contributed by atoms with Crippen LogP contribution in [0.5, 0.6) is 0 Å². The van der Waals surface area contributed by atoms with Gasteiger partial charge in [-0.15, -0.1) is 0 Å². The molecule has 0 radical (unpaired) electrons. The maximum absolute atomic E-state index is 12.3. The zero-order valence-electron chi connectivity index (χ0n) is 16.5. The SMILES string of the molecule is COC[C@@]1(O)CC[C@H]2[C@@H](CC[C@@H]3[C@@H]2CC[C@]2(C)[C@@H](C(=O)CO)CC[C@@H]32)C1. The second-order valence-corrected chi connectivity index (χ2v) is 10.1. The van der Waals surface area contributed by atoms with Crippen molar-refractivity contribution in [3.8, 4) is 0 Å². The molecule has 0 spiro atoms. The van der Waals surface area contributed by atoms with Crippen molar-refractivity contribution >= 4 is 5.78 Å². The molecule has 4 aliphatic rings. The van der Waals surface area contributed by atoms with Gasteiger partial charge in [-0.3, -0.25) is 4.79 Å². The van der Waals surface area contributed by atoms with Gasteiger partial charge in [0, 0.05) is 13.0 Å². The van der Waals surface area contributed by atoms with Crippen molar-refractivity contribution in [3.63, 3.8) is 0 Å². The van der Waals surface area contributed by atoms with E-state index in [-0.39, 0.29) is 23.7 Å². The maximum atomic E-state index is 12.3. The Kier molecular flexibility index (Phi) is 4.98. The van der Waals surface area contributed by atoms with E-state index in [2.05, 4.69) is 6.92 Å². The highest BCUT2D eigenvalue weighted by Gasteiger charge is 2.58. The molecule has 4 rings (SSSR count). The third-order valence-electron chi connectivity index (χ3n) is 9.06. The Morgan fingerprint density at radius 3 is 2.54 bits per heavy atom. The summed E-state index contributed by atoms with van der Waals surface area (Å²) in [6.45, 7) is 2.52. The standard InChI is InChI=1S/C22H36O4/c1-21-9-7-16-15-8-10-22(25,13-26-2)11-14(15)3-4-17(16)18(21)5-6-19(21)20(24)12-23/h14-19,23,25H,3-13H2,1-2H3/t14-,15-,16+,17+,18-,19+,21-,22+/m0/s1. The molecule has 0 saturated heterocycles. The first kappa shape index (κ1) is 18.9. The number of ether oxygens (including phenoxy) is 1. The monoisotopic (exact) mass is 364 g/mol. The number of carbonyl (C=O) groups excluding carboxylic acids is 1. The van der Waals surface area contributed by atoms with Gasteiger partial charge >= 0.3 is 0 Å². The summed E-state index contributed by atoms with van der Waals surface area (Å²) in [5, 5.41) is 20.2. The molecule has 0 aromatic carbocycles. The number of ketones is 1. The lowest BCUT2D eigenvalue weighted by molar-refractivity contribution is -0.138. The lowest BCUT2D eigenvalue weighted by Gasteiger charge is -2.57. The fourth-order valence-corrected chi connectivity index (χ4v) is 8.00. The van der Waals surface area contributed by atoms with Crippen LogP contribution in [0.3, 0.4) is 0 Å². The molecule has 2 N–H and O–H groups in total. The Labute approximate surface area is 157 Å². The van der Waals surface area contributed by atoms with Crippen LogP contribution in [0.2, 0.25) is 0 Å². The summed E-state index contributed by atoms with van der Waals surface area (Å²) in [5.74, 6) is 3.73. The van der Waals surface area contributed by atoms with Crippen molar-refractivity contribution in [2.24, 2.45) is 40.9 Å². The highest BCUT2D eigenvalue weighted by molar-refractivity contribution is 5.83. The molecular formula is C22H36O4. The molecular weight excluding hydrogens is 328 g/mol. The maximum Gasteiger partial charge on any atom is 0.161 e. The van der Waals surface area contributed by atoms with Crippen molar-refractivity contribution in [2.45, 2.75) is 70.3 Å². The molecule has 0 aromatic heterocycles. The van der Waals surface area contributed by atoms with Crippen LogP contribution in [0, 0.1) is 40.9 Å². The minimum absolute atomic E-state index is 0.0735. The second kappa shape index (κ2) is 6.86. The highest BCUT2D eigenvalue weighted by Crippen LogP contribution is 2.64. The number of fused-ring (bicyclic) bond motifs is 5. The van der Waals surface area contributed by atoms with Crippen molar-refractivity contribution in [3.05, 3.63) is 0 Å². The molecule has 4 nitrogen and oxygen atoms in total. The van der Waals surface area contributed by atoms with E-state index in [1.165, 1.54) is 25.7 Å². The molecule has 0 heterocycles. The summed E-state index contributed by atoms with van der Waals surface area (Å²) in [5.41, 5.74) is -0.503. The zero-order valence-corrected chi connectivity index (χ0v) is 16.5. The van der Waals surface area contributed by atoms with Gasteiger partial charge in [0.1, 0.15) is 6.61 Å². The van der Waals surface area contributed by atoms with Crippen LogP contribution in [-0.4, -0.2) is 41.9 Å². The van der Waals surface area contributed by atoms with Crippen LogP contribution >= 0.6 is 0 Å². The summed E-state index contributed by atoms with van der Waals surface area (Å²) in [6, 6.07) is 0. The molecule has 4 saturated carbocycles. The summed E-state index contributed by atoms with van der Waals surface area (Å²) in [4.78, 5) is 12.3. The Hall–Kier alpha value is -0.450. The smallest absolute Gasteiger partial charge is 0.161 e. The van der Waals surface area contributed by atoms with E-state index in [9.17, 15) is 15.0 Å². The molecule has 4 heteroatoms. The predicted octanol–water partition coefficient (Wildman–Crippen LogP) is 3.19. The number of hydrogen-bond acceptors (Lipinski definition) is 4. The van der Waals surface area contributed by atoms with Gasteiger partial charge in [-0.05, 0) is 92.8 Å². The molecule has 0 amide bonds. The molecule has 4 aliphatic carbocycles. The van der Waals surface area contributed by atoms with Gasteiger partial charge in [-0.25, -0.2) is 0 Å². The number of hydrogen-bond donors (Lipinski definition) is 2. The topological polar surface area (TPSA) is 66.8 Å². The Balaban J connectivity index is 1.50. The van der Waals surface area contributed by atoms with Gasteiger partial charge in [-0.1, -0.05) is 6.92 Å². The van der Waals surface area contributed by atoms with Crippen LogP contribution in [-0.2, 0) is 9.53 Å². The van der Waals surface area contributed by atoms with E-state index in [4.69, 9.17) is 4.74 Å². The van der Waals surface area contributed by atoms with Gasteiger partial charge in [0.2, 0.25) is 0 Å². The van der Waals surface area contributed by atoms with Crippen molar-refractivity contribution in [1.82, 2.24) is 0 Å².